The summed E-state index contributed by atoms with van der Waals surface area (Å²) in [6.07, 6.45) is 9.48. The molecule has 3 nitrogen and oxygen atoms in total. The number of halogens is 1. The van der Waals surface area contributed by atoms with E-state index in [1.54, 1.807) is 7.11 Å². The molecule has 0 unspecified atom stereocenters. The lowest BCUT2D eigenvalue weighted by atomic mass is 10.1. The second-order valence-electron chi connectivity index (χ2n) is 6.81. The second kappa shape index (κ2) is 12.9. The summed E-state index contributed by atoms with van der Waals surface area (Å²) < 4.78 is 17.9. The molecule has 4 heteroatoms. The molecule has 0 heterocycles. The molecule has 0 saturated carbocycles. The maximum absolute atomic E-state index is 6.13. The van der Waals surface area contributed by atoms with Gasteiger partial charge in [0.25, 0.3) is 0 Å². The molecular weight excluding hydrogens is 404 g/mol. The van der Waals surface area contributed by atoms with Crippen molar-refractivity contribution in [3.8, 4) is 17.2 Å². The van der Waals surface area contributed by atoms with Crippen LogP contribution in [-0.4, -0.2) is 25.7 Å². The molecule has 0 radical (unpaired) electrons. The molecule has 0 fully saturated rings. The van der Waals surface area contributed by atoms with Crippen LogP contribution in [0.3, 0.4) is 0 Å². The van der Waals surface area contributed by atoms with Gasteiger partial charge in [-0.25, -0.2) is 0 Å². The van der Waals surface area contributed by atoms with Gasteiger partial charge in [-0.3, -0.25) is 0 Å². The number of rotatable bonds is 14. The fourth-order valence-electron chi connectivity index (χ4n) is 3.15. The highest BCUT2D eigenvalue weighted by Gasteiger charge is 2.15. The van der Waals surface area contributed by atoms with Crippen molar-refractivity contribution in [3.63, 3.8) is 0 Å². The predicted octanol–water partition coefficient (Wildman–Crippen LogP) is 7.14. The van der Waals surface area contributed by atoms with E-state index in [1.807, 2.05) is 18.2 Å². The molecule has 0 atom stereocenters. The molecular formula is C23H33BrO3. The number of fused-ring (bicyclic) bond motifs is 1. The summed E-state index contributed by atoms with van der Waals surface area (Å²) in [5.41, 5.74) is 0. The first-order valence-corrected chi connectivity index (χ1v) is 11.3. The van der Waals surface area contributed by atoms with Crippen LogP contribution in [0.5, 0.6) is 17.2 Å². The van der Waals surface area contributed by atoms with Gasteiger partial charge in [-0.15, -0.1) is 0 Å². The van der Waals surface area contributed by atoms with Crippen LogP contribution in [0.2, 0.25) is 0 Å². The second-order valence-corrected chi connectivity index (χ2v) is 7.61. The number of ether oxygens (including phenoxy) is 3. The van der Waals surface area contributed by atoms with Gasteiger partial charge >= 0.3 is 0 Å². The molecule has 0 aliphatic heterocycles. The topological polar surface area (TPSA) is 27.7 Å². The van der Waals surface area contributed by atoms with E-state index in [4.69, 9.17) is 14.2 Å². The van der Waals surface area contributed by atoms with Crippen LogP contribution < -0.4 is 14.2 Å². The van der Waals surface area contributed by atoms with Gasteiger partial charge < -0.3 is 14.2 Å². The van der Waals surface area contributed by atoms with Gasteiger partial charge in [-0.1, -0.05) is 79.2 Å². The van der Waals surface area contributed by atoms with Gasteiger partial charge in [0.2, 0.25) is 0 Å². The highest BCUT2D eigenvalue weighted by Crippen LogP contribution is 2.41. The summed E-state index contributed by atoms with van der Waals surface area (Å²) in [6.45, 7) is 3.67. The Labute approximate surface area is 172 Å². The monoisotopic (exact) mass is 436 g/mol. The predicted molar refractivity (Wildman–Crippen MR) is 118 cm³/mol. The van der Waals surface area contributed by atoms with Gasteiger partial charge in [0.15, 0.2) is 11.5 Å². The Morgan fingerprint density at radius 2 is 1.44 bits per heavy atom. The molecule has 0 saturated heterocycles. The van der Waals surface area contributed by atoms with Crippen molar-refractivity contribution in [1.29, 1.82) is 0 Å². The molecule has 0 aliphatic rings. The minimum atomic E-state index is 0.716. The zero-order valence-electron chi connectivity index (χ0n) is 16.8. The maximum atomic E-state index is 6.13. The van der Waals surface area contributed by atoms with E-state index in [9.17, 15) is 0 Å². The minimum Gasteiger partial charge on any atom is -0.493 e. The number of alkyl halides is 1. The first-order valence-electron chi connectivity index (χ1n) is 10.2. The van der Waals surface area contributed by atoms with E-state index in [-0.39, 0.29) is 0 Å². The third-order valence-electron chi connectivity index (χ3n) is 4.67. The van der Waals surface area contributed by atoms with Crippen molar-refractivity contribution in [2.75, 3.05) is 25.7 Å². The van der Waals surface area contributed by atoms with Crippen LogP contribution in [-0.2, 0) is 0 Å². The molecule has 0 aliphatic carbocycles. The average molecular weight is 437 g/mol. The first-order chi connectivity index (χ1) is 13.3. The number of hydrogen-bond donors (Lipinski definition) is 0. The number of benzene rings is 2. The Hall–Kier alpha value is -1.42. The maximum Gasteiger partial charge on any atom is 0.169 e. The lowest BCUT2D eigenvalue weighted by Gasteiger charge is -2.17. The van der Waals surface area contributed by atoms with E-state index >= 15 is 0 Å². The highest BCUT2D eigenvalue weighted by molar-refractivity contribution is 9.09. The lowest BCUT2D eigenvalue weighted by Crippen LogP contribution is -2.03. The van der Waals surface area contributed by atoms with Crippen LogP contribution in [0.1, 0.15) is 58.3 Å². The van der Waals surface area contributed by atoms with E-state index in [1.165, 1.54) is 38.5 Å². The Morgan fingerprint density at radius 1 is 0.778 bits per heavy atom. The molecule has 2 rings (SSSR count). The molecule has 2 aromatic rings. The number of hydrogen-bond acceptors (Lipinski definition) is 3. The minimum absolute atomic E-state index is 0.716. The van der Waals surface area contributed by atoms with E-state index in [0.717, 1.165) is 52.8 Å². The van der Waals surface area contributed by atoms with Crippen LogP contribution >= 0.6 is 15.9 Å². The van der Waals surface area contributed by atoms with Gasteiger partial charge in [0, 0.05) is 22.2 Å². The van der Waals surface area contributed by atoms with Gasteiger partial charge in [0.1, 0.15) is 5.75 Å². The molecule has 0 aromatic heterocycles. The fourth-order valence-corrected chi connectivity index (χ4v) is 3.54. The third-order valence-corrected chi connectivity index (χ3v) is 5.23. The molecule has 0 amide bonds. The van der Waals surface area contributed by atoms with Crippen molar-refractivity contribution in [1.82, 2.24) is 0 Å². The van der Waals surface area contributed by atoms with Crippen molar-refractivity contribution in [2.24, 2.45) is 0 Å². The van der Waals surface area contributed by atoms with Crippen molar-refractivity contribution < 1.29 is 14.2 Å². The van der Waals surface area contributed by atoms with Crippen LogP contribution in [0.25, 0.3) is 10.8 Å². The Kier molecular flexibility index (Phi) is 10.4. The smallest absolute Gasteiger partial charge is 0.169 e. The van der Waals surface area contributed by atoms with Crippen LogP contribution in [0.15, 0.2) is 30.3 Å². The highest BCUT2D eigenvalue weighted by atomic mass is 79.9. The number of unbranched alkanes of at least 4 members (excludes halogenated alkanes) is 6. The fraction of sp³-hybridized carbons (Fsp3) is 0.565. The summed E-state index contributed by atoms with van der Waals surface area (Å²) in [5.74, 6) is 2.45. The molecule has 0 spiro atoms. The quantitative estimate of drug-likeness (QED) is 0.232. The zero-order chi connectivity index (χ0) is 19.3. The Balaban J connectivity index is 2.09. The zero-order valence-corrected chi connectivity index (χ0v) is 18.4. The summed E-state index contributed by atoms with van der Waals surface area (Å²) in [6, 6.07) is 10.2. The summed E-state index contributed by atoms with van der Waals surface area (Å²) >= 11 is 3.48. The summed E-state index contributed by atoms with van der Waals surface area (Å²) in [7, 11) is 1.69. The molecule has 0 N–H and O–H groups in total. The SMILES string of the molecule is CCCCCCOc1c(OC)cc(OCCCCCCBr)c2ccccc12. The van der Waals surface area contributed by atoms with Gasteiger partial charge in [-0.05, 0) is 19.3 Å². The standard InChI is InChI=1S/C23H33BrO3/c1-3-4-5-11-17-27-23-20-14-9-8-13-19(20)21(18-22(23)25-2)26-16-12-7-6-10-15-24/h8-9,13-14,18H,3-7,10-12,15-17H2,1-2H3. The first kappa shape index (κ1) is 21.9. The third kappa shape index (κ3) is 6.91. The average Bonchev–Trinajstić information content (AvgIpc) is 2.71. The van der Waals surface area contributed by atoms with Crippen LogP contribution in [0.4, 0.5) is 0 Å². The molecule has 150 valence electrons. The van der Waals surface area contributed by atoms with Crippen molar-refractivity contribution in [2.45, 2.75) is 58.3 Å². The Morgan fingerprint density at radius 3 is 2.15 bits per heavy atom. The van der Waals surface area contributed by atoms with E-state index in [2.05, 4.69) is 35.0 Å². The number of methoxy groups -OCH3 is 1. The van der Waals surface area contributed by atoms with Crippen molar-refractivity contribution >= 4 is 26.7 Å². The molecule has 2 aromatic carbocycles. The molecule has 0 bridgehead atoms. The normalized spacial score (nSPS) is 10.9. The summed E-state index contributed by atoms with van der Waals surface area (Å²) in [4.78, 5) is 0. The van der Waals surface area contributed by atoms with E-state index < -0.39 is 0 Å². The summed E-state index contributed by atoms with van der Waals surface area (Å²) in [5, 5.41) is 3.22. The lowest BCUT2D eigenvalue weighted by molar-refractivity contribution is 0.283. The Bertz CT molecular complexity index is 672. The molecule has 27 heavy (non-hydrogen) atoms. The van der Waals surface area contributed by atoms with Crippen molar-refractivity contribution in [3.05, 3.63) is 30.3 Å². The van der Waals surface area contributed by atoms with E-state index in [0.29, 0.717) is 6.61 Å². The van der Waals surface area contributed by atoms with Crippen LogP contribution in [0, 0.1) is 0 Å². The van der Waals surface area contributed by atoms with Gasteiger partial charge in [-0.2, -0.15) is 0 Å². The largest absolute Gasteiger partial charge is 0.493 e. The van der Waals surface area contributed by atoms with Gasteiger partial charge in [0.05, 0.1) is 20.3 Å².